The molecule has 2 aromatic rings. The number of carboxylic acids is 1. The number of fused-ring (bicyclic) bond motifs is 1. The number of hydrogen-bond donors (Lipinski definition) is 1. The molecule has 1 aromatic carbocycles. The Morgan fingerprint density at radius 3 is 2.82 bits per heavy atom. The monoisotopic (exact) mass is 228 g/mol. The van der Waals surface area contributed by atoms with Gasteiger partial charge in [-0.3, -0.25) is 0 Å². The van der Waals surface area contributed by atoms with E-state index < -0.39 is 5.97 Å². The van der Waals surface area contributed by atoms with Gasteiger partial charge in [-0.2, -0.15) is 4.98 Å². The van der Waals surface area contributed by atoms with E-state index in [0.717, 1.165) is 6.54 Å². The van der Waals surface area contributed by atoms with Crippen molar-refractivity contribution in [3.05, 3.63) is 23.8 Å². The van der Waals surface area contributed by atoms with Gasteiger partial charge in [0, 0.05) is 13.6 Å². The molecule has 0 aliphatic carbocycles. The summed E-state index contributed by atoms with van der Waals surface area (Å²) < 4.78 is 5.46. The van der Waals surface area contributed by atoms with E-state index in [2.05, 4.69) is 4.98 Å². The summed E-state index contributed by atoms with van der Waals surface area (Å²) in [5.41, 5.74) is 1.05. The van der Waals surface area contributed by atoms with Crippen LogP contribution >= 0.6 is 0 Å². The van der Waals surface area contributed by atoms with E-state index in [1.54, 1.807) is 12.1 Å². The van der Waals surface area contributed by atoms with E-state index >= 15 is 0 Å². The molecule has 1 N–H and O–H groups in total. The van der Waals surface area contributed by atoms with Crippen LogP contribution in [0.3, 0.4) is 0 Å². The number of aromatic carboxylic acids is 1. The van der Waals surface area contributed by atoms with Crippen molar-refractivity contribution in [2.45, 2.75) is 6.92 Å². The summed E-state index contributed by atoms with van der Waals surface area (Å²) in [5.74, 6) is -0.996. The maximum atomic E-state index is 11.0. The third-order valence-corrected chi connectivity index (χ3v) is 2.44. The van der Waals surface area contributed by atoms with Crippen LogP contribution in [0.15, 0.2) is 22.6 Å². The zero-order chi connectivity index (χ0) is 11.7. The molecule has 0 unspecified atom stereocenters. The van der Waals surface area contributed by atoms with Crippen LogP contribution < -0.4 is 4.90 Å². The van der Waals surface area contributed by atoms with E-state index in [9.17, 15) is 4.79 Å². The molecule has 2 rings (SSSR count). The molecule has 86 valence electrons. The van der Waals surface area contributed by atoms with Crippen LogP contribution in [-0.2, 0) is 0 Å². The molecule has 5 nitrogen and oxygen atoms in total. The SMILES string of the molecule is CCN(C)c1nc2c(C(=O)O)cccc2o1.[LiH]. The summed E-state index contributed by atoms with van der Waals surface area (Å²) in [7, 11) is 1.84. The molecule has 0 spiro atoms. The molecule has 0 fully saturated rings. The second kappa shape index (κ2) is 5.26. The van der Waals surface area contributed by atoms with Crippen molar-refractivity contribution in [3.8, 4) is 0 Å². The first kappa shape index (κ1) is 13.6. The molecular formula is C11H13LiN2O3. The van der Waals surface area contributed by atoms with Gasteiger partial charge in [-0.25, -0.2) is 4.79 Å². The molecule has 0 atom stereocenters. The van der Waals surface area contributed by atoms with Gasteiger partial charge in [0.25, 0.3) is 6.01 Å². The molecule has 0 radical (unpaired) electrons. The molecule has 0 saturated heterocycles. The first-order valence-corrected chi connectivity index (χ1v) is 4.97. The Balaban J connectivity index is 0.00000144. The quantitative estimate of drug-likeness (QED) is 0.803. The molecule has 0 amide bonds. The molecule has 0 saturated carbocycles. The van der Waals surface area contributed by atoms with Crippen LogP contribution in [0.1, 0.15) is 17.3 Å². The Hall–Kier alpha value is -1.44. The van der Waals surface area contributed by atoms with Crippen molar-refractivity contribution in [2.75, 3.05) is 18.5 Å². The molecular weight excluding hydrogens is 215 g/mol. The van der Waals surface area contributed by atoms with E-state index in [-0.39, 0.29) is 24.4 Å². The predicted octanol–water partition coefficient (Wildman–Crippen LogP) is 1.33. The average Bonchev–Trinajstić information content (AvgIpc) is 2.70. The number of rotatable bonds is 3. The Morgan fingerprint density at radius 2 is 2.24 bits per heavy atom. The van der Waals surface area contributed by atoms with Crippen molar-refractivity contribution in [2.24, 2.45) is 0 Å². The number of oxazole rings is 1. The fourth-order valence-corrected chi connectivity index (χ4v) is 1.41. The zero-order valence-corrected chi connectivity index (χ0v) is 9.10. The fourth-order valence-electron chi connectivity index (χ4n) is 1.41. The zero-order valence-electron chi connectivity index (χ0n) is 9.10. The Labute approximate surface area is 111 Å². The van der Waals surface area contributed by atoms with Crippen LogP contribution in [0.2, 0.25) is 0 Å². The van der Waals surface area contributed by atoms with E-state index in [1.807, 2.05) is 18.9 Å². The van der Waals surface area contributed by atoms with E-state index in [0.29, 0.717) is 17.1 Å². The van der Waals surface area contributed by atoms with Gasteiger partial charge >= 0.3 is 24.8 Å². The Bertz CT molecular complexity index is 538. The molecule has 0 aliphatic heterocycles. The third-order valence-electron chi connectivity index (χ3n) is 2.44. The van der Waals surface area contributed by atoms with Gasteiger partial charge in [-0.05, 0) is 19.1 Å². The first-order chi connectivity index (χ1) is 7.63. The standard InChI is InChI=1S/C11H12N2O3.Li.H/c1-3-13(2)11-12-9-7(10(14)15)5-4-6-8(9)16-11;;/h4-6H,3H2,1-2H3,(H,14,15);;. The van der Waals surface area contributed by atoms with Gasteiger partial charge in [0.05, 0.1) is 5.56 Å². The van der Waals surface area contributed by atoms with Gasteiger partial charge < -0.3 is 14.4 Å². The molecule has 6 heteroatoms. The van der Waals surface area contributed by atoms with Crippen molar-refractivity contribution >= 4 is 41.9 Å². The predicted molar refractivity (Wildman–Crippen MR) is 67.1 cm³/mol. The maximum absolute atomic E-state index is 11.0. The van der Waals surface area contributed by atoms with Crippen molar-refractivity contribution < 1.29 is 14.3 Å². The van der Waals surface area contributed by atoms with Crippen LogP contribution in [0.5, 0.6) is 0 Å². The fraction of sp³-hybridized carbons (Fsp3) is 0.273. The van der Waals surface area contributed by atoms with Gasteiger partial charge in [-0.1, -0.05) is 6.07 Å². The van der Waals surface area contributed by atoms with E-state index in [4.69, 9.17) is 9.52 Å². The summed E-state index contributed by atoms with van der Waals surface area (Å²) in [5, 5.41) is 8.99. The summed E-state index contributed by atoms with van der Waals surface area (Å²) >= 11 is 0. The number of benzene rings is 1. The van der Waals surface area contributed by atoms with Gasteiger partial charge in [-0.15, -0.1) is 0 Å². The Kier molecular flexibility index (Phi) is 4.21. The Morgan fingerprint density at radius 1 is 1.53 bits per heavy atom. The number of nitrogens with zero attached hydrogens (tertiary/aromatic N) is 2. The number of anilines is 1. The summed E-state index contributed by atoms with van der Waals surface area (Å²) in [6.45, 7) is 2.71. The van der Waals surface area contributed by atoms with Crippen LogP contribution in [-0.4, -0.2) is 48.5 Å². The molecule has 0 bridgehead atoms. The van der Waals surface area contributed by atoms with Gasteiger partial charge in [0.15, 0.2) is 5.58 Å². The second-order valence-electron chi connectivity index (χ2n) is 3.47. The molecule has 1 heterocycles. The summed E-state index contributed by atoms with van der Waals surface area (Å²) in [6, 6.07) is 5.31. The minimum absolute atomic E-state index is 0. The van der Waals surface area contributed by atoms with Crippen molar-refractivity contribution in [3.63, 3.8) is 0 Å². The van der Waals surface area contributed by atoms with Crippen LogP contribution in [0, 0.1) is 0 Å². The van der Waals surface area contributed by atoms with Crippen LogP contribution in [0.4, 0.5) is 6.01 Å². The number of carbonyl (C=O) groups is 1. The van der Waals surface area contributed by atoms with E-state index in [1.165, 1.54) is 6.07 Å². The average molecular weight is 228 g/mol. The topological polar surface area (TPSA) is 66.6 Å². The molecule has 17 heavy (non-hydrogen) atoms. The van der Waals surface area contributed by atoms with Gasteiger partial charge in [0.2, 0.25) is 0 Å². The minimum atomic E-state index is -0.996. The van der Waals surface area contributed by atoms with Crippen molar-refractivity contribution in [1.29, 1.82) is 0 Å². The van der Waals surface area contributed by atoms with Crippen LogP contribution in [0.25, 0.3) is 11.1 Å². The number of hydrogen-bond acceptors (Lipinski definition) is 4. The third kappa shape index (κ3) is 2.46. The molecule has 0 aliphatic rings. The normalized spacial score (nSPS) is 10.0. The second-order valence-corrected chi connectivity index (χ2v) is 3.47. The van der Waals surface area contributed by atoms with Crippen molar-refractivity contribution in [1.82, 2.24) is 4.98 Å². The summed E-state index contributed by atoms with van der Waals surface area (Å²) in [4.78, 5) is 17.0. The number of carboxylic acid groups (broad SMARTS) is 1. The molecule has 1 aromatic heterocycles. The van der Waals surface area contributed by atoms with Gasteiger partial charge in [0.1, 0.15) is 5.52 Å². The first-order valence-electron chi connectivity index (χ1n) is 4.97. The number of para-hydroxylation sites is 1. The summed E-state index contributed by atoms with van der Waals surface area (Å²) in [6.07, 6.45) is 0. The number of aromatic nitrogens is 1.